The molecule has 13 rings (SSSR count). The summed E-state index contributed by atoms with van der Waals surface area (Å²) in [6, 6.07) is 34.9. The molecule has 6 unspecified atom stereocenters. The Hall–Kier alpha value is -4.60. The zero-order valence-corrected chi connectivity index (χ0v) is 35.3. The zero-order valence-electron chi connectivity index (χ0n) is 35.3. The van der Waals surface area contributed by atoms with Crippen LogP contribution in [0.4, 0.5) is 11.4 Å². The van der Waals surface area contributed by atoms with Gasteiger partial charge in [-0.05, 0) is 128 Å². The molecule has 0 aromatic heterocycles. The molecule has 0 spiro atoms. The average Bonchev–Trinajstić information content (AvgIpc) is 3.65. The van der Waals surface area contributed by atoms with Crippen molar-refractivity contribution in [2.75, 3.05) is 57.6 Å². The van der Waals surface area contributed by atoms with Gasteiger partial charge in [0.15, 0.2) is 0 Å². The minimum atomic E-state index is -0.485. The number of nitrogens with zero attached hydrogens (tertiary/aromatic N) is 2. The number of ether oxygens (including phenoxy) is 3. The molecule has 9 aliphatic rings. The van der Waals surface area contributed by atoms with Crippen LogP contribution in [0.2, 0.25) is 0 Å². The number of aliphatic hydroxyl groups is 1. The minimum absolute atomic E-state index is 0. The molecule has 9 aliphatic heterocycles. The zero-order chi connectivity index (χ0) is 41.0. The number of aliphatic hydroxyl groups excluding tert-OH is 1. The van der Waals surface area contributed by atoms with Gasteiger partial charge in [0.05, 0.1) is 37.3 Å². The van der Waals surface area contributed by atoms with Crippen LogP contribution in [-0.4, -0.2) is 92.4 Å². The Kier molecular flexibility index (Phi) is 12.7. The Balaban J connectivity index is 0.000000165. The lowest BCUT2D eigenvalue weighted by Crippen LogP contribution is -2.62. The highest BCUT2D eigenvalue weighted by atomic mass is 16.5. The number of methoxy groups -OCH3 is 2. The van der Waals surface area contributed by atoms with Crippen LogP contribution in [0, 0.1) is 23.7 Å². The third-order valence-corrected chi connectivity index (χ3v) is 16.0. The Bertz CT molecular complexity index is 2130. The molecule has 0 saturated carbocycles. The van der Waals surface area contributed by atoms with Gasteiger partial charge in [-0.1, -0.05) is 87.7 Å². The Morgan fingerprint density at radius 3 is 1.95 bits per heavy atom. The summed E-state index contributed by atoms with van der Waals surface area (Å²) in [5.41, 5.74) is 6.68. The number of benzene rings is 4. The van der Waals surface area contributed by atoms with Gasteiger partial charge in [0.1, 0.15) is 17.7 Å². The summed E-state index contributed by atoms with van der Waals surface area (Å²) >= 11 is 0. The van der Waals surface area contributed by atoms with Gasteiger partial charge in [-0.3, -0.25) is 9.80 Å². The van der Waals surface area contributed by atoms with Gasteiger partial charge >= 0.3 is 0 Å². The Labute approximate surface area is 371 Å². The largest absolute Gasteiger partial charge is 0.497 e. The summed E-state index contributed by atoms with van der Waals surface area (Å²) in [7, 11) is 3.46. The van der Waals surface area contributed by atoms with E-state index in [9.17, 15) is 5.11 Å². The third kappa shape index (κ3) is 7.15. The van der Waals surface area contributed by atoms with Crippen molar-refractivity contribution in [3.8, 4) is 11.5 Å². The predicted molar refractivity (Wildman–Crippen MR) is 253 cm³/mol. The maximum atomic E-state index is 12.2. The van der Waals surface area contributed by atoms with E-state index in [2.05, 4.69) is 131 Å². The summed E-state index contributed by atoms with van der Waals surface area (Å²) in [6.45, 7) is 13.4. The van der Waals surface area contributed by atoms with Gasteiger partial charge in [-0.15, -0.1) is 13.2 Å². The quantitative estimate of drug-likeness (QED) is 0.144. The number of anilines is 2. The topological polar surface area (TPSA) is 78.5 Å². The maximum Gasteiger partial charge on any atom is 0.129 e. The molecule has 0 amide bonds. The summed E-state index contributed by atoms with van der Waals surface area (Å²) < 4.78 is 18.1. The van der Waals surface area contributed by atoms with Crippen LogP contribution in [0.3, 0.4) is 0 Å². The number of nitrogens with one attached hydrogen (secondary N) is 2. The van der Waals surface area contributed by atoms with E-state index in [1.54, 1.807) is 14.2 Å². The van der Waals surface area contributed by atoms with Crippen molar-refractivity contribution in [2.45, 2.75) is 94.7 Å². The summed E-state index contributed by atoms with van der Waals surface area (Å²) in [4.78, 5) is 5.20. The molecule has 8 heteroatoms. The van der Waals surface area contributed by atoms with E-state index in [0.29, 0.717) is 23.8 Å². The monoisotopic (exact) mass is 839 g/mol. The van der Waals surface area contributed by atoms with Crippen LogP contribution in [0.5, 0.6) is 11.5 Å². The molecule has 0 radical (unpaired) electrons. The van der Waals surface area contributed by atoms with Gasteiger partial charge in [-0.2, -0.15) is 0 Å². The first-order valence-electron chi connectivity index (χ1n) is 22.5. The van der Waals surface area contributed by atoms with Crippen LogP contribution in [-0.2, 0) is 15.6 Å². The first kappa shape index (κ1) is 44.0. The molecule has 0 aliphatic carbocycles. The van der Waals surface area contributed by atoms with Gasteiger partial charge in [0, 0.05) is 49.5 Å². The van der Waals surface area contributed by atoms with Gasteiger partial charge in [0.2, 0.25) is 0 Å². The number of fused-ring (bicyclic) bond motifs is 11. The van der Waals surface area contributed by atoms with E-state index in [-0.39, 0.29) is 38.6 Å². The maximum absolute atomic E-state index is 12.2. The molecule has 330 valence electrons. The summed E-state index contributed by atoms with van der Waals surface area (Å²) in [5.74, 6) is 4.28. The molecule has 3 N–H and O–H groups in total. The lowest BCUT2D eigenvalue weighted by molar-refractivity contribution is -0.0744. The molecule has 4 aromatic carbocycles. The van der Waals surface area contributed by atoms with Gasteiger partial charge < -0.3 is 30.0 Å². The van der Waals surface area contributed by atoms with E-state index < -0.39 is 11.5 Å². The van der Waals surface area contributed by atoms with Crippen molar-refractivity contribution < 1.29 is 19.3 Å². The molecule has 13 atom stereocenters. The number of rotatable bonds is 9. The summed E-state index contributed by atoms with van der Waals surface area (Å²) in [6.07, 6.45) is 10.5. The van der Waals surface area contributed by atoms with Crippen molar-refractivity contribution in [1.29, 1.82) is 0 Å². The smallest absolute Gasteiger partial charge is 0.129 e. The minimum Gasteiger partial charge on any atom is -0.497 e. The predicted octanol–water partition coefficient (Wildman–Crippen LogP) is 9.74. The molecule has 7 saturated heterocycles. The Morgan fingerprint density at radius 2 is 1.35 bits per heavy atom. The molecule has 8 nitrogen and oxygen atoms in total. The lowest BCUT2D eigenvalue weighted by atomic mass is 9.61. The fourth-order valence-electron chi connectivity index (χ4n) is 13.0. The molecule has 4 aromatic rings. The van der Waals surface area contributed by atoms with Crippen molar-refractivity contribution in [3.05, 3.63) is 145 Å². The first-order valence-corrected chi connectivity index (χ1v) is 22.5. The molecule has 6 bridgehead atoms. The molecular formula is C54H70N4O4. The number of piperidine rings is 6. The highest BCUT2D eigenvalue weighted by Gasteiger charge is 2.60. The fourth-order valence-corrected chi connectivity index (χ4v) is 13.0. The van der Waals surface area contributed by atoms with Gasteiger partial charge in [-0.25, -0.2) is 0 Å². The number of hydrogen-bond acceptors (Lipinski definition) is 8. The van der Waals surface area contributed by atoms with Crippen molar-refractivity contribution in [2.24, 2.45) is 23.7 Å². The van der Waals surface area contributed by atoms with Crippen molar-refractivity contribution in [1.82, 2.24) is 9.80 Å². The highest BCUT2D eigenvalue weighted by molar-refractivity contribution is 5.66. The lowest BCUT2D eigenvalue weighted by Gasteiger charge is -2.55. The SMILES string of the molecule is C.C.C=CC1CN2CCC1C[C@H]2[C@@H]1O[C@H]2C[C@]1(c1ccccc1)c1cc(OC)ccc1N2.C=CC1CN2CCC1C[C@H]2[C@H](O)[C@]1(c2ccccc2)CCNc2ccc(OC)cc21. The van der Waals surface area contributed by atoms with Crippen molar-refractivity contribution in [3.63, 3.8) is 0 Å². The Morgan fingerprint density at radius 1 is 0.758 bits per heavy atom. The van der Waals surface area contributed by atoms with E-state index in [0.717, 1.165) is 74.1 Å². The van der Waals surface area contributed by atoms with Crippen LogP contribution < -0.4 is 20.1 Å². The molecular weight excluding hydrogens is 769 g/mol. The third-order valence-electron chi connectivity index (χ3n) is 16.0. The first-order chi connectivity index (χ1) is 29.4. The molecule has 62 heavy (non-hydrogen) atoms. The van der Waals surface area contributed by atoms with E-state index >= 15 is 0 Å². The standard InChI is InChI=1S/C26H30N2O2.C26H32N2O2.2CH4/c1-3-17-16-28-12-11-18(17)13-23(28)25-26(19-7-5-4-6-8-19)15-24(30-25)27-22-10-9-20(29-2)14-21(22)26;1-3-18-17-28-14-11-19(18)15-24(28)25(29)26(20-7-5-4-6-8-20)12-13-27-23-10-9-21(30-2)16-22(23)26;;/h3-10,14,17-18,23-25,27H,1,11-13,15-16H2,2H3;3-10,16,18-19,24-25,27,29H,1,11-15,17H2,2H3;2*1H4/t17?,18?,23-,24-,25-,26-;18?,19?,24-,25-,26-;;/m00../s1. The van der Waals surface area contributed by atoms with Crippen LogP contribution in [0.25, 0.3) is 0 Å². The second-order valence-corrected chi connectivity index (χ2v) is 18.5. The van der Waals surface area contributed by atoms with Crippen LogP contribution in [0.1, 0.15) is 75.6 Å². The van der Waals surface area contributed by atoms with Crippen molar-refractivity contribution >= 4 is 11.4 Å². The van der Waals surface area contributed by atoms with E-state index in [4.69, 9.17) is 14.2 Å². The highest BCUT2D eigenvalue weighted by Crippen LogP contribution is 2.57. The van der Waals surface area contributed by atoms with E-state index in [1.807, 2.05) is 12.1 Å². The van der Waals surface area contributed by atoms with Crippen LogP contribution in [0.15, 0.2) is 122 Å². The second-order valence-electron chi connectivity index (χ2n) is 18.5. The normalized spacial score (nSPS) is 34.8. The van der Waals surface area contributed by atoms with Crippen LogP contribution >= 0.6 is 0 Å². The molecule has 7 fully saturated rings. The second kappa shape index (κ2) is 17.9. The number of hydrogen-bond donors (Lipinski definition) is 3. The fraction of sp³-hybridized carbons (Fsp3) is 0.481. The van der Waals surface area contributed by atoms with E-state index in [1.165, 1.54) is 48.2 Å². The molecule has 9 heterocycles. The average molecular weight is 839 g/mol. The van der Waals surface area contributed by atoms with Gasteiger partial charge in [0.25, 0.3) is 0 Å². The summed E-state index contributed by atoms with van der Waals surface area (Å²) in [5, 5.41) is 19.4.